The number of nitrogens with one attached hydrogen (secondary N) is 1. The number of alkyl halides is 3. The van der Waals surface area contributed by atoms with E-state index < -0.39 is 17.8 Å². The topological polar surface area (TPSA) is 32.3 Å². The summed E-state index contributed by atoms with van der Waals surface area (Å²) in [5.41, 5.74) is 2.43. The van der Waals surface area contributed by atoms with Crippen molar-refractivity contribution in [3.05, 3.63) is 47.5 Å². The molecule has 0 radical (unpaired) electrons. The van der Waals surface area contributed by atoms with Crippen LogP contribution in [0.25, 0.3) is 10.8 Å². The largest absolute Gasteiger partial charge is 0.409 e. The first kappa shape index (κ1) is 19.7. The lowest BCUT2D eigenvalue weighted by atomic mass is 9.87. The quantitative estimate of drug-likeness (QED) is 0.797. The van der Waals surface area contributed by atoms with Crippen LogP contribution in [-0.4, -0.2) is 22.6 Å². The summed E-state index contributed by atoms with van der Waals surface area (Å²) >= 11 is 0. The maximum atomic E-state index is 14.3. The van der Waals surface area contributed by atoms with Crippen LogP contribution in [0.4, 0.5) is 13.2 Å². The Morgan fingerprint density at radius 2 is 1.81 bits per heavy atom. The van der Waals surface area contributed by atoms with Crippen LogP contribution >= 0.6 is 0 Å². The Morgan fingerprint density at radius 3 is 2.37 bits per heavy atom. The van der Waals surface area contributed by atoms with Crippen LogP contribution in [-0.2, 0) is 11.2 Å². The Morgan fingerprint density at radius 1 is 1.15 bits per heavy atom. The molecule has 6 heteroatoms. The first-order chi connectivity index (χ1) is 12.5. The van der Waals surface area contributed by atoms with Gasteiger partial charge in [0.15, 0.2) is 6.04 Å². The molecule has 1 fully saturated rings. The van der Waals surface area contributed by atoms with Crippen LogP contribution in [0.1, 0.15) is 51.3 Å². The van der Waals surface area contributed by atoms with Crippen molar-refractivity contribution in [3.63, 3.8) is 0 Å². The molecule has 0 aliphatic carbocycles. The second-order valence-corrected chi connectivity index (χ2v) is 8.29. The van der Waals surface area contributed by atoms with Crippen molar-refractivity contribution in [2.45, 2.75) is 58.3 Å². The fourth-order valence-electron chi connectivity index (χ4n) is 3.92. The Labute approximate surface area is 157 Å². The lowest BCUT2D eigenvalue weighted by molar-refractivity contribution is -0.204. The Balaban J connectivity index is 2.24. The third-order valence-corrected chi connectivity index (χ3v) is 5.04. The highest BCUT2D eigenvalue weighted by Gasteiger charge is 2.53. The van der Waals surface area contributed by atoms with E-state index in [1.807, 2.05) is 38.1 Å². The summed E-state index contributed by atoms with van der Waals surface area (Å²) < 4.78 is 42.8. The average molecular weight is 378 g/mol. The van der Waals surface area contributed by atoms with Crippen molar-refractivity contribution in [2.24, 2.45) is 5.92 Å². The van der Waals surface area contributed by atoms with E-state index in [0.717, 1.165) is 15.8 Å². The van der Waals surface area contributed by atoms with Gasteiger partial charge in [0.2, 0.25) is 5.91 Å². The lowest BCUT2D eigenvalue weighted by Gasteiger charge is -2.39. The third-order valence-electron chi connectivity index (χ3n) is 5.04. The van der Waals surface area contributed by atoms with Crippen LogP contribution in [0, 0.1) is 5.92 Å². The molecule has 1 N–H and O–H groups in total. The molecule has 1 amide bonds. The van der Waals surface area contributed by atoms with Crippen LogP contribution in [0.2, 0.25) is 0 Å². The number of carbonyl (C=O) groups excluding carboxylic acids is 1. The van der Waals surface area contributed by atoms with Gasteiger partial charge in [0.05, 0.1) is 0 Å². The molecule has 3 nitrogen and oxygen atoms in total. The minimum absolute atomic E-state index is 0.0344. The molecule has 1 saturated heterocycles. The minimum atomic E-state index is -4.52. The van der Waals surface area contributed by atoms with E-state index in [1.54, 1.807) is 26.0 Å². The maximum Gasteiger partial charge on any atom is 0.409 e. The molecule has 0 saturated carbocycles. The summed E-state index contributed by atoms with van der Waals surface area (Å²) in [4.78, 5) is 11.9. The third kappa shape index (κ3) is 3.81. The molecule has 0 bridgehead atoms. The second-order valence-electron chi connectivity index (χ2n) is 8.29. The van der Waals surface area contributed by atoms with Crippen LogP contribution in [0.15, 0.2) is 36.4 Å². The molecule has 27 heavy (non-hydrogen) atoms. The molecule has 1 unspecified atom stereocenters. The second kappa shape index (κ2) is 6.82. The molecule has 1 aliphatic rings. The number of halogens is 3. The molecule has 2 aromatic rings. The molecular weight excluding hydrogens is 353 g/mol. The number of carbonyl (C=O) groups is 1. The first-order valence-electron chi connectivity index (χ1n) is 9.17. The van der Waals surface area contributed by atoms with E-state index in [0.29, 0.717) is 12.0 Å². The molecule has 2 aromatic carbocycles. The first-order valence-corrected chi connectivity index (χ1v) is 9.17. The van der Waals surface area contributed by atoms with Crippen LogP contribution in [0.3, 0.4) is 0 Å². The van der Waals surface area contributed by atoms with E-state index in [1.165, 1.54) is 0 Å². The smallest absolute Gasteiger partial charge is 0.287 e. The van der Waals surface area contributed by atoms with Gasteiger partial charge in [-0.1, -0.05) is 50.2 Å². The predicted molar refractivity (Wildman–Crippen MR) is 100.0 cm³/mol. The number of rotatable bonds is 4. The van der Waals surface area contributed by atoms with Gasteiger partial charge in [0.25, 0.3) is 0 Å². The van der Waals surface area contributed by atoms with E-state index in [9.17, 15) is 18.0 Å². The van der Waals surface area contributed by atoms with Gasteiger partial charge in [0, 0.05) is 12.0 Å². The molecule has 1 atom stereocenters. The van der Waals surface area contributed by atoms with Gasteiger partial charge in [-0.25, -0.2) is 0 Å². The average Bonchev–Trinajstić information content (AvgIpc) is 2.80. The molecule has 1 aliphatic heterocycles. The van der Waals surface area contributed by atoms with Crippen molar-refractivity contribution in [3.8, 4) is 0 Å². The number of hydrogen-bond donors (Lipinski definition) is 1. The normalized spacial score (nSPS) is 18.9. The monoisotopic (exact) mass is 378 g/mol. The predicted octanol–water partition coefficient (Wildman–Crippen LogP) is 5.16. The van der Waals surface area contributed by atoms with E-state index in [2.05, 4.69) is 5.43 Å². The molecule has 1 heterocycles. The summed E-state index contributed by atoms with van der Waals surface area (Å²) in [5, 5.41) is 2.84. The van der Waals surface area contributed by atoms with E-state index in [4.69, 9.17) is 0 Å². The molecular formula is C21H25F3N2O. The van der Waals surface area contributed by atoms with Gasteiger partial charge in [-0.3, -0.25) is 10.2 Å². The summed E-state index contributed by atoms with van der Waals surface area (Å²) in [6.45, 7) is 7.31. The van der Waals surface area contributed by atoms with Crippen molar-refractivity contribution in [2.75, 3.05) is 0 Å². The molecule has 0 aromatic heterocycles. The van der Waals surface area contributed by atoms with Crippen LogP contribution < -0.4 is 5.43 Å². The van der Waals surface area contributed by atoms with Crippen molar-refractivity contribution < 1.29 is 18.0 Å². The Kier molecular flexibility index (Phi) is 4.97. The van der Waals surface area contributed by atoms with Gasteiger partial charge in [0.1, 0.15) is 0 Å². The Bertz CT molecular complexity index is 858. The zero-order chi connectivity index (χ0) is 20.0. The van der Waals surface area contributed by atoms with Gasteiger partial charge in [-0.05, 0) is 48.1 Å². The number of benzene rings is 2. The summed E-state index contributed by atoms with van der Waals surface area (Å²) in [6.07, 6.45) is -3.96. The number of nitrogens with zero attached hydrogens (tertiary/aromatic N) is 1. The maximum absolute atomic E-state index is 14.3. The SMILES string of the molecule is CC(C)Cc1c(C(N2NC(=O)CC2(C)C)C(F)(F)F)ccc2ccccc12. The number of fused-ring (bicyclic) bond motifs is 1. The zero-order valence-electron chi connectivity index (χ0n) is 16.0. The fourth-order valence-corrected chi connectivity index (χ4v) is 3.92. The van der Waals surface area contributed by atoms with Gasteiger partial charge in [-0.2, -0.15) is 18.2 Å². The standard InChI is InChI=1S/C21H25F3N2O/c1-13(2)11-17-15-8-6-5-7-14(15)9-10-16(17)19(21(22,23)24)26-20(3,4)12-18(27)25-26/h5-10,13,19H,11-12H2,1-4H3,(H,25,27). The number of amides is 1. The zero-order valence-corrected chi connectivity index (χ0v) is 16.0. The minimum Gasteiger partial charge on any atom is -0.287 e. The summed E-state index contributed by atoms with van der Waals surface area (Å²) in [5.74, 6) is -0.190. The highest BCUT2D eigenvalue weighted by molar-refractivity contribution is 5.87. The molecule has 0 spiro atoms. The highest BCUT2D eigenvalue weighted by Crippen LogP contribution is 2.45. The Hall–Kier alpha value is -2.08. The van der Waals surface area contributed by atoms with Crippen LogP contribution in [0.5, 0.6) is 0 Å². The summed E-state index contributed by atoms with van der Waals surface area (Å²) in [7, 11) is 0. The van der Waals surface area contributed by atoms with E-state index >= 15 is 0 Å². The number of hydrogen-bond acceptors (Lipinski definition) is 2. The fraction of sp³-hybridized carbons (Fsp3) is 0.476. The van der Waals surface area contributed by atoms with Gasteiger partial charge < -0.3 is 0 Å². The van der Waals surface area contributed by atoms with Gasteiger partial charge in [-0.15, -0.1) is 0 Å². The summed E-state index contributed by atoms with van der Waals surface area (Å²) in [6, 6.07) is 8.92. The van der Waals surface area contributed by atoms with Crippen molar-refractivity contribution in [1.29, 1.82) is 0 Å². The molecule has 3 rings (SSSR count). The molecule has 146 valence electrons. The lowest BCUT2D eigenvalue weighted by Crippen LogP contribution is -2.51. The van der Waals surface area contributed by atoms with Gasteiger partial charge >= 0.3 is 6.18 Å². The highest BCUT2D eigenvalue weighted by atomic mass is 19.4. The van der Waals surface area contributed by atoms with Crippen molar-refractivity contribution >= 4 is 16.7 Å². The van der Waals surface area contributed by atoms with Crippen molar-refractivity contribution in [1.82, 2.24) is 10.4 Å². The van der Waals surface area contributed by atoms with E-state index in [-0.39, 0.29) is 23.8 Å². The number of hydrazine groups is 1.